The Labute approximate surface area is 126 Å². The predicted octanol–water partition coefficient (Wildman–Crippen LogP) is 4.06. The lowest BCUT2D eigenvalue weighted by Crippen LogP contribution is -1.79. The second-order valence-corrected chi connectivity index (χ2v) is 5.10. The summed E-state index contributed by atoms with van der Waals surface area (Å²) in [6.45, 7) is 0. The van der Waals surface area contributed by atoms with E-state index in [9.17, 15) is 10.5 Å². The molecule has 0 aliphatic carbocycles. The van der Waals surface area contributed by atoms with Crippen LogP contribution in [0.1, 0.15) is 11.1 Å². The van der Waals surface area contributed by atoms with Crippen LogP contribution in [-0.2, 0) is 0 Å². The van der Waals surface area contributed by atoms with Crippen LogP contribution >= 0.6 is 0 Å². The van der Waals surface area contributed by atoms with Gasteiger partial charge in [0, 0.05) is 39.3 Å². The van der Waals surface area contributed by atoms with E-state index in [4.69, 9.17) is 0 Å². The molecule has 4 aromatic rings. The fraction of sp³-hybridized carbons (Fsp3) is 0. The highest BCUT2D eigenvalue weighted by Crippen LogP contribution is 2.33. The standard InChI is InChI=1S/C18H10N4/c19-8-11-3-1-5-15-13(11)7-17(22-15)14-10-21-16-6-2-4-12(9-20)18(14)16/h1-7,10,21-22H. The highest BCUT2D eigenvalue weighted by atomic mass is 14.7. The van der Waals surface area contributed by atoms with Crippen LogP contribution in [0.15, 0.2) is 48.7 Å². The summed E-state index contributed by atoms with van der Waals surface area (Å²) >= 11 is 0. The molecule has 0 aliphatic heterocycles. The van der Waals surface area contributed by atoms with Crippen molar-refractivity contribution in [1.82, 2.24) is 9.97 Å². The number of nitriles is 2. The summed E-state index contributed by atoms with van der Waals surface area (Å²) in [5, 5.41) is 20.3. The van der Waals surface area contributed by atoms with Crippen LogP contribution in [0.25, 0.3) is 33.1 Å². The number of nitrogens with one attached hydrogen (secondary N) is 2. The maximum atomic E-state index is 9.33. The third-order valence-electron chi connectivity index (χ3n) is 3.90. The Balaban J connectivity index is 2.05. The van der Waals surface area contributed by atoms with E-state index in [1.54, 1.807) is 6.07 Å². The van der Waals surface area contributed by atoms with Crippen molar-refractivity contribution >= 4 is 21.8 Å². The zero-order chi connectivity index (χ0) is 15.1. The van der Waals surface area contributed by atoms with E-state index >= 15 is 0 Å². The van der Waals surface area contributed by atoms with Crippen molar-refractivity contribution in [3.8, 4) is 23.4 Å². The first kappa shape index (κ1) is 12.3. The summed E-state index contributed by atoms with van der Waals surface area (Å²) in [5.74, 6) is 0. The van der Waals surface area contributed by atoms with Gasteiger partial charge in [-0.05, 0) is 30.3 Å². The number of hydrogen-bond donors (Lipinski definition) is 2. The minimum Gasteiger partial charge on any atom is -0.360 e. The number of H-pyrrole nitrogens is 2. The van der Waals surface area contributed by atoms with Gasteiger partial charge in [-0.2, -0.15) is 10.5 Å². The smallest absolute Gasteiger partial charge is 0.0998 e. The fourth-order valence-electron chi connectivity index (χ4n) is 2.89. The molecule has 0 atom stereocenters. The average Bonchev–Trinajstić information content (AvgIpc) is 3.17. The van der Waals surface area contributed by atoms with Crippen LogP contribution in [0.4, 0.5) is 0 Å². The van der Waals surface area contributed by atoms with Crippen LogP contribution in [0.3, 0.4) is 0 Å². The lowest BCUT2D eigenvalue weighted by molar-refractivity contribution is 1.43. The Morgan fingerprint density at radius 3 is 2.36 bits per heavy atom. The molecule has 0 spiro atoms. The van der Waals surface area contributed by atoms with Gasteiger partial charge in [-0.1, -0.05) is 12.1 Å². The molecule has 102 valence electrons. The molecule has 0 unspecified atom stereocenters. The molecule has 0 saturated carbocycles. The van der Waals surface area contributed by atoms with E-state index in [1.807, 2.05) is 42.6 Å². The Hall–Kier alpha value is -3.50. The fourth-order valence-corrected chi connectivity index (χ4v) is 2.89. The van der Waals surface area contributed by atoms with Crippen molar-refractivity contribution in [3.05, 3.63) is 59.8 Å². The summed E-state index contributed by atoms with van der Waals surface area (Å²) < 4.78 is 0. The maximum Gasteiger partial charge on any atom is 0.0998 e. The summed E-state index contributed by atoms with van der Waals surface area (Å²) in [5.41, 5.74) is 4.94. The average molecular weight is 282 g/mol. The minimum absolute atomic E-state index is 0.632. The molecule has 4 rings (SSSR count). The molecule has 2 aromatic heterocycles. The molecule has 2 heterocycles. The van der Waals surface area contributed by atoms with Gasteiger partial charge in [0.15, 0.2) is 0 Å². The highest BCUT2D eigenvalue weighted by Gasteiger charge is 2.13. The van der Waals surface area contributed by atoms with Crippen molar-refractivity contribution in [2.75, 3.05) is 0 Å². The Morgan fingerprint density at radius 1 is 0.864 bits per heavy atom. The molecule has 4 heteroatoms. The molecule has 4 nitrogen and oxygen atoms in total. The first-order chi connectivity index (χ1) is 10.8. The number of nitrogens with zero attached hydrogens (tertiary/aromatic N) is 2. The molecule has 0 radical (unpaired) electrons. The maximum absolute atomic E-state index is 9.33. The lowest BCUT2D eigenvalue weighted by atomic mass is 10.0. The summed E-state index contributed by atoms with van der Waals surface area (Å²) in [6, 6.07) is 17.6. The molecule has 22 heavy (non-hydrogen) atoms. The van der Waals surface area contributed by atoms with E-state index in [-0.39, 0.29) is 0 Å². The lowest BCUT2D eigenvalue weighted by Gasteiger charge is -1.98. The third-order valence-corrected chi connectivity index (χ3v) is 3.90. The molecular formula is C18H10N4. The first-order valence-corrected chi connectivity index (χ1v) is 6.84. The Bertz CT molecular complexity index is 1100. The Kier molecular flexibility index (Phi) is 2.51. The summed E-state index contributed by atoms with van der Waals surface area (Å²) in [4.78, 5) is 6.53. The second-order valence-electron chi connectivity index (χ2n) is 5.10. The van der Waals surface area contributed by atoms with Gasteiger partial charge in [-0.25, -0.2) is 0 Å². The zero-order valence-corrected chi connectivity index (χ0v) is 11.5. The van der Waals surface area contributed by atoms with Crippen LogP contribution < -0.4 is 0 Å². The van der Waals surface area contributed by atoms with Crippen molar-refractivity contribution in [3.63, 3.8) is 0 Å². The SMILES string of the molecule is N#Cc1cccc2[nH]c(-c3c[nH]c4cccc(C#N)c34)cc12. The van der Waals surface area contributed by atoms with E-state index in [0.717, 1.165) is 33.1 Å². The van der Waals surface area contributed by atoms with Crippen molar-refractivity contribution < 1.29 is 0 Å². The van der Waals surface area contributed by atoms with E-state index < -0.39 is 0 Å². The van der Waals surface area contributed by atoms with Gasteiger partial charge < -0.3 is 9.97 Å². The monoisotopic (exact) mass is 282 g/mol. The largest absolute Gasteiger partial charge is 0.360 e. The summed E-state index contributed by atoms with van der Waals surface area (Å²) in [7, 11) is 0. The van der Waals surface area contributed by atoms with Crippen LogP contribution in [0, 0.1) is 22.7 Å². The van der Waals surface area contributed by atoms with E-state index in [1.165, 1.54) is 0 Å². The molecule has 0 bridgehead atoms. The number of aromatic amines is 2. The van der Waals surface area contributed by atoms with Crippen LogP contribution in [-0.4, -0.2) is 9.97 Å². The number of rotatable bonds is 1. The molecule has 0 saturated heterocycles. The van der Waals surface area contributed by atoms with Crippen molar-refractivity contribution in [2.45, 2.75) is 0 Å². The van der Waals surface area contributed by atoms with E-state index in [0.29, 0.717) is 11.1 Å². The van der Waals surface area contributed by atoms with Crippen molar-refractivity contribution in [2.24, 2.45) is 0 Å². The molecule has 2 aromatic carbocycles. The van der Waals surface area contributed by atoms with Gasteiger partial charge in [0.2, 0.25) is 0 Å². The highest BCUT2D eigenvalue weighted by molar-refractivity contribution is 6.01. The quantitative estimate of drug-likeness (QED) is 0.552. The van der Waals surface area contributed by atoms with Gasteiger partial charge in [0.25, 0.3) is 0 Å². The third kappa shape index (κ3) is 1.62. The first-order valence-electron chi connectivity index (χ1n) is 6.84. The number of hydrogen-bond acceptors (Lipinski definition) is 2. The topological polar surface area (TPSA) is 79.2 Å². The number of aromatic nitrogens is 2. The molecule has 0 fully saturated rings. The van der Waals surface area contributed by atoms with Gasteiger partial charge in [-0.15, -0.1) is 0 Å². The van der Waals surface area contributed by atoms with Crippen LogP contribution in [0.2, 0.25) is 0 Å². The van der Waals surface area contributed by atoms with E-state index in [2.05, 4.69) is 22.1 Å². The Morgan fingerprint density at radius 2 is 1.59 bits per heavy atom. The zero-order valence-electron chi connectivity index (χ0n) is 11.5. The van der Waals surface area contributed by atoms with Gasteiger partial charge in [0.1, 0.15) is 0 Å². The molecular weight excluding hydrogens is 272 g/mol. The van der Waals surface area contributed by atoms with Gasteiger partial charge in [0.05, 0.1) is 23.3 Å². The van der Waals surface area contributed by atoms with Crippen molar-refractivity contribution in [1.29, 1.82) is 10.5 Å². The minimum atomic E-state index is 0.632. The molecule has 2 N–H and O–H groups in total. The number of benzene rings is 2. The summed E-state index contributed by atoms with van der Waals surface area (Å²) in [6.07, 6.45) is 1.89. The van der Waals surface area contributed by atoms with Crippen LogP contribution in [0.5, 0.6) is 0 Å². The van der Waals surface area contributed by atoms with Gasteiger partial charge >= 0.3 is 0 Å². The van der Waals surface area contributed by atoms with Gasteiger partial charge in [-0.3, -0.25) is 0 Å². The predicted molar refractivity (Wildman–Crippen MR) is 85.0 cm³/mol. The molecule has 0 amide bonds. The normalized spacial score (nSPS) is 10.6. The number of fused-ring (bicyclic) bond motifs is 2. The molecule has 0 aliphatic rings. The second kappa shape index (κ2) is 4.51.